The quantitative estimate of drug-likeness (QED) is 0.811. The molecular formula is C12H21N3O2. The van der Waals surface area contributed by atoms with Crippen molar-refractivity contribution in [3.8, 4) is 0 Å². The first kappa shape index (κ1) is 13.7. The average Bonchev–Trinajstić information content (AvgIpc) is 2.61. The van der Waals surface area contributed by atoms with E-state index < -0.39 is 0 Å². The van der Waals surface area contributed by atoms with Crippen molar-refractivity contribution in [3.63, 3.8) is 0 Å². The summed E-state index contributed by atoms with van der Waals surface area (Å²) in [5, 5.41) is 0. The van der Waals surface area contributed by atoms with E-state index in [0.717, 1.165) is 6.42 Å². The number of ether oxygens (including phenoxy) is 1. The van der Waals surface area contributed by atoms with Gasteiger partial charge in [-0.1, -0.05) is 20.8 Å². The van der Waals surface area contributed by atoms with Crippen LogP contribution in [0.2, 0.25) is 0 Å². The minimum atomic E-state index is -0.346. The Balaban J connectivity index is 0.000000686. The number of hydrogen-bond donors (Lipinski definition) is 1. The zero-order chi connectivity index (χ0) is 13.0. The standard InChI is InChI=1S/C10H15N3O2.C2H6/c1-6-5-7(2)15-9(6)13-4-3-8(11)12-10(13)14;1-2/h3-4,6-7,9H,5H2,1-2H3,(H2,11,12,14);1-2H3. The molecule has 2 N–H and O–H groups in total. The van der Waals surface area contributed by atoms with Crippen LogP contribution in [-0.4, -0.2) is 15.7 Å². The Morgan fingerprint density at radius 1 is 1.47 bits per heavy atom. The van der Waals surface area contributed by atoms with E-state index in [0.29, 0.717) is 5.92 Å². The molecule has 3 atom stereocenters. The number of rotatable bonds is 1. The molecule has 0 saturated carbocycles. The van der Waals surface area contributed by atoms with Gasteiger partial charge < -0.3 is 10.5 Å². The maximum Gasteiger partial charge on any atom is 0.351 e. The van der Waals surface area contributed by atoms with E-state index in [2.05, 4.69) is 11.9 Å². The molecule has 1 aromatic rings. The van der Waals surface area contributed by atoms with E-state index in [1.807, 2.05) is 20.8 Å². The Morgan fingerprint density at radius 3 is 2.59 bits per heavy atom. The normalized spacial score (nSPS) is 27.4. The Morgan fingerprint density at radius 2 is 2.12 bits per heavy atom. The molecule has 1 fully saturated rings. The lowest BCUT2D eigenvalue weighted by molar-refractivity contribution is -0.00542. The molecular weight excluding hydrogens is 218 g/mol. The molecule has 96 valence electrons. The monoisotopic (exact) mass is 239 g/mol. The van der Waals surface area contributed by atoms with Gasteiger partial charge in [0.25, 0.3) is 0 Å². The minimum absolute atomic E-state index is 0.189. The van der Waals surface area contributed by atoms with Gasteiger partial charge in [0.2, 0.25) is 0 Å². The number of hydrogen-bond acceptors (Lipinski definition) is 4. The lowest BCUT2D eigenvalue weighted by atomic mass is 10.1. The van der Waals surface area contributed by atoms with Gasteiger partial charge in [-0.2, -0.15) is 4.98 Å². The highest BCUT2D eigenvalue weighted by molar-refractivity contribution is 5.23. The first-order chi connectivity index (χ1) is 8.08. The fourth-order valence-electron chi connectivity index (χ4n) is 2.03. The van der Waals surface area contributed by atoms with E-state index in [1.54, 1.807) is 12.3 Å². The van der Waals surface area contributed by atoms with Crippen molar-refractivity contribution in [2.45, 2.75) is 46.4 Å². The van der Waals surface area contributed by atoms with Crippen LogP contribution in [0.4, 0.5) is 5.82 Å². The molecule has 1 aliphatic rings. The average molecular weight is 239 g/mol. The van der Waals surface area contributed by atoms with Crippen LogP contribution in [0.3, 0.4) is 0 Å². The van der Waals surface area contributed by atoms with Crippen molar-refractivity contribution in [2.75, 3.05) is 5.73 Å². The van der Waals surface area contributed by atoms with Gasteiger partial charge in [-0.25, -0.2) is 4.79 Å². The number of nitrogens with two attached hydrogens (primary N) is 1. The van der Waals surface area contributed by atoms with Crippen molar-refractivity contribution in [1.82, 2.24) is 9.55 Å². The summed E-state index contributed by atoms with van der Waals surface area (Å²) in [4.78, 5) is 15.3. The van der Waals surface area contributed by atoms with E-state index in [9.17, 15) is 4.79 Å². The first-order valence-electron chi connectivity index (χ1n) is 6.08. The molecule has 5 nitrogen and oxygen atoms in total. The predicted octanol–water partition coefficient (Wildman–Crippen LogP) is 1.80. The largest absolute Gasteiger partial charge is 0.383 e. The summed E-state index contributed by atoms with van der Waals surface area (Å²) in [5.41, 5.74) is 5.08. The van der Waals surface area contributed by atoms with Crippen molar-refractivity contribution in [3.05, 3.63) is 22.7 Å². The van der Waals surface area contributed by atoms with Crippen LogP contribution in [-0.2, 0) is 4.74 Å². The number of nitrogen functional groups attached to an aromatic ring is 1. The summed E-state index contributed by atoms with van der Waals surface area (Å²) in [5.74, 6) is 0.568. The molecule has 17 heavy (non-hydrogen) atoms. The third-order valence-corrected chi connectivity index (χ3v) is 2.69. The van der Waals surface area contributed by atoms with Crippen LogP contribution < -0.4 is 11.4 Å². The molecule has 0 bridgehead atoms. The van der Waals surface area contributed by atoms with E-state index in [-0.39, 0.29) is 23.8 Å². The van der Waals surface area contributed by atoms with Gasteiger partial charge in [0.15, 0.2) is 0 Å². The zero-order valence-electron chi connectivity index (χ0n) is 10.9. The van der Waals surface area contributed by atoms with Gasteiger partial charge in [0.1, 0.15) is 12.0 Å². The summed E-state index contributed by atoms with van der Waals surface area (Å²) in [6.07, 6.45) is 2.58. The van der Waals surface area contributed by atoms with Crippen LogP contribution in [0.15, 0.2) is 17.1 Å². The summed E-state index contributed by atoms with van der Waals surface area (Å²) in [7, 11) is 0. The molecule has 2 heterocycles. The van der Waals surface area contributed by atoms with Crippen LogP contribution >= 0.6 is 0 Å². The molecule has 3 unspecified atom stereocenters. The molecule has 1 aromatic heterocycles. The Kier molecular flexibility index (Phi) is 4.69. The maximum atomic E-state index is 11.6. The van der Waals surface area contributed by atoms with Gasteiger partial charge in [0, 0.05) is 12.1 Å². The number of nitrogens with zero attached hydrogens (tertiary/aromatic N) is 2. The van der Waals surface area contributed by atoms with Crippen molar-refractivity contribution >= 4 is 5.82 Å². The van der Waals surface area contributed by atoms with E-state index in [4.69, 9.17) is 10.5 Å². The highest BCUT2D eigenvalue weighted by atomic mass is 16.5. The zero-order valence-corrected chi connectivity index (χ0v) is 10.9. The summed E-state index contributed by atoms with van der Waals surface area (Å²) >= 11 is 0. The van der Waals surface area contributed by atoms with Gasteiger partial charge in [-0.3, -0.25) is 4.57 Å². The first-order valence-corrected chi connectivity index (χ1v) is 6.08. The Labute approximate surface area is 102 Å². The lowest BCUT2D eigenvalue weighted by Gasteiger charge is -2.17. The fraction of sp³-hybridized carbons (Fsp3) is 0.667. The SMILES string of the molecule is CC.CC1CC(C)C(n2ccc(N)nc2=O)O1. The third-order valence-electron chi connectivity index (χ3n) is 2.69. The van der Waals surface area contributed by atoms with E-state index >= 15 is 0 Å². The summed E-state index contributed by atoms with van der Waals surface area (Å²) in [6, 6.07) is 1.61. The fourth-order valence-corrected chi connectivity index (χ4v) is 2.03. The smallest absolute Gasteiger partial charge is 0.351 e. The maximum absolute atomic E-state index is 11.6. The van der Waals surface area contributed by atoms with Crippen molar-refractivity contribution in [2.24, 2.45) is 5.92 Å². The molecule has 0 spiro atoms. The van der Waals surface area contributed by atoms with Gasteiger partial charge in [0.05, 0.1) is 6.10 Å². The number of aromatic nitrogens is 2. The summed E-state index contributed by atoms with van der Waals surface area (Å²) < 4.78 is 7.17. The second kappa shape index (κ2) is 5.82. The second-order valence-electron chi connectivity index (χ2n) is 4.09. The van der Waals surface area contributed by atoms with E-state index in [1.165, 1.54) is 4.57 Å². The van der Waals surface area contributed by atoms with Crippen LogP contribution in [0, 0.1) is 5.92 Å². The molecule has 1 aliphatic heterocycles. The minimum Gasteiger partial charge on any atom is -0.383 e. The Bertz CT molecular complexity index is 416. The Hall–Kier alpha value is -1.36. The molecule has 1 saturated heterocycles. The molecule has 0 amide bonds. The predicted molar refractivity (Wildman–Crippen MR) is 67.6 cm³/mol. The molecule has 0 aliphatic carbocycles. The van der Waals surface area contributed by atoms with Crippen molar-refractivity contribution in [1.29, 1.82) is 0 Å². The topological polar surface area (TPSA) is 70.1 Å². The third kappa shape index (κ3) is 3.06. The van der Waals surface area contributed by atoms with Crippen LogP contribution in [0.5, 0.6) is 0 Å². The van der Waals surface area contributed by atoms with Gasteiger partial charge in [-0.05, 0) is 19.4 Å². The van der Waals surface area contributed by atoms with Crippen LogP contribution in [0.25, 0.3) is 0 Å². The molecule has 2 rings (SSSR count). The molecule has 5 heteroatoms. The number of anilines is 1. The van der Waals surface area contributed by atoms with Gasteiger partial charge in [-0.15, -0.1) is 0 Å². The highest BCUT2D eigenvalue weighted by Gasteiger charge is 2.31. The van der Waals surface area contributed by atoms with Gasteiger partial charge >= 0.3 is 5.69 Å². The van der Waals surface area contributed by atoms with Crippen LogP contribution in [0.1, 0.15) is 40.3 Å². The molecule has 0 aromatic carbocycles. The highest BCUT2D eigenvalue weighted by Crippen LogP contribution is 2.32. The van der Waals surface area contributed by atoms with Crippen molar-refractivity contribution < 1.29 is 4.74 Å². The summed E-state index contributed by atoms with van der Waals surface area (Å²) in [6.45, 7) is 8.07. The second-order valence-corrected chi connectivity index (χ2v) is 4.09. The molecule has 0 radical (unpaired) electrons. The lowest BCUT2D eigenvalue weighted by Crippen LogP contribution is -2.29.